The zero-order chi connectivity index (χ0) is 21.0. The molecule has 0 saturated carbocycles. The molecule has 0 fully saturated rings. The molecule has 0 spiro atoms. The summed E-state index contributed by atoms with van der Waals surface area (Å²) in [7, 11) is 0. The molecule has 0 aliphatic carbocycles. The minimum absolute atomic E-state index is 0.415. The second-order valence-electron chi connectivity index (χ2n) is 6.85. The Morgan fingerprint density at radius 2 is 1.97 bits per heavy atom. The zero-order valence-corrected chi connectivity index (χ0v) is 17.8. The van der Waals surface area contributed by atoms with Gasteiger partial charge in [-0.05, 0) is 57.1 Å². The van der Waals surface area contributed by atoms with Crippen LogP contribution in [-0.2, 0) is 17.9 Å². The van der Waals surface area contributed by atoms with Gasteiger partial charge in [-0.1, -0.05) is 0 Å². The number of aromatic nitrogens is 3. The van der Waals surface area contributed by atoms with Crippen LogP contribution in [0.2, 0.25) is 0 Å². The number of hydrogen-bond donors (Lipinski definition) is 1. The number of nitrogens with zero attached hydrogens (tertiary/aromatic N) is 3. The molecular weight excluding hydrogens is 394 g/mol. The number of benzene rings is 1. The predicted octanol–water partition coefficient (Wildman–Crippen LogP) is 5.02. The molecule has 0 aliphatic heterocycles. The Morgan fingerprint density at radius 3 is 2.69 bits per heavy atom. The highest BCUT2D eigenvalue weighted by Crippen LogP contribution is 2.28. The molecule has 0 atom stereocenters. The van der Waals surface area contributed by atoms with Crippen LogP contribution < -0.4 is 5.73 Å². The molecule has 2 N–H and O–H groups in total. The number of ether oxygens (including phenoxy) is 1. The van der Waals surface area contributed by atoms with Crippen LogP contribution in [0.1, 0.15) is 36.8 Å². The third-order valence-electron chi connectivity index (χ3n) is 4.84. The van der Waals surface area contributed by atoms with E-state index in [9.17, 15) is 8.78 Å². The van der Waals surface area contributed by atoms with E-state index in [4.69, 9.17) is 10.5 Å². The smallest absolute Gasteiger partial charge is 0.151 e. The van der Waals surface area contributed by atoms with Crippen LogP contribution in [0.25, 0.3) is 11.0 Å². The van der Waals surface area contributed by atoms with E-state index in [-0.39, 0.29) is 0 Å². The summed E-state index contributed by atoms with van der Waals surface area (Å²) in [6, 6.07) is 3.69. The van der Waals surface area contributed by atoms with Crippen molar-refractivity contribution >= 4 is 28.6 Å². The third-order valence-corrected chi connectivity index (χ3v) is 5.97. The van der Waals surface area contributed by atoms with Crippen molar-refractivity contribution in [2.75, 3.05) is 18.1 Å². The van der Waals surface area contributed by atoms with Crippen LogP contribution in [-0.4, -0.2) is 26.9 Å². The zero-order valence-electron chi connectivity index (χ0n) is 17.0. The minimum atomic E-state index is -0.555. The van der Waals surface area contributed by atoms with E-state index in [0.29, 0.717) is 29.4 Å². The van der Waals surface area contributed by atoms with Crippen molar-refractivity contribution in [2.24, 2.45) is 0 Å². The van der Waals surface area contributed by atoms with Crippen molar-refractivity contribution in [2.45, 2.75) is 51.7 Å². The monoisotopic (exact) mass is 420 g/mol. The van der Waals surface area contributed by atoms with E-state index in [2.05, 4.69) is 14.5 Å². The number of aryl methyl sites for hydroxylation is 3. The average Bonchev–Trinajstić information content (AvgIpc) is 3.05. The van der Waals surface area contributed by atoms with Gasteiger partial charge in [-0.25, -0.2) is 18.7 Å². The topological polar surface area (TPSA) is 66.0 Å². The third kappa shape index (κ3) is 4.87. The number of imidazole rings is 1. The summed E-state index contributed by atoms with van der Waals surface area (Å²) in [5.74, 6) is 0.949. The molecule has 5 nitrogen and oxygen atoms in total. The lowest BCUT2D eigenvalue weighted by Crippen LogP contribution is -2.07. The molecular formula is C21H26F2N4OS. The Hall–Kier alpha value is -2.19. The van der Waals surface area contributed by atoms with Gasteiger partial charge >= 0.3 is 0 Å². The van der Waals surface area contributed by atoms with E-state index in [0.717, 1.165) is 53.8 Å². The van der Waals surface area contributed by atoms with Gasteiger partial charge in [0.25, 0.3) is 0 Å². The molecule has 1 aromatic carbocycles. The van der Waals surface area contributed by atoms with Crippen molar-refractivity contribution < 1.29 is 13.5 Å². The van der Waals surface area contributed by atoms with Crippen LogP contribution in [0.4, 0.5) is 14.6 Å². The van der Waals surface area contributed by atoms with Gasteiger partial charge in [0.1, 0.15) is 29.6 Å². The highest BCUT2D eigenvalue weighted by atomic mass is 32.2. The van der Waals surface area contributed by atoms with Gasteiger partial charge in [-0.3, -0.25) is 0 Å². The molecule has 29 heavy (non-hydrogen) atoms. The Balaban J connectivity index is 1.71. The number of anilines is 1. The maximum absolute atomic E-state index is 13.7. The number of pyridine rings is 1. The molecule has 0 saturated heterocycles. The number of thioether (sulfide) groups is 1. The number of nitrogens with two attached hydrogens (primary N) is 1. The fourth-order valence-corrected chi connectivity index (χ4v) is 4.17. The summed E-state index contributed by atoms with van der Waals surface area (Å²) in [6.45, 7) is 7.70. The van der Waals surface area contributed by atoms with Crippen molar-refractivity contribution in [3.05, 3.63) is 46.9 Å². The summed E-state index contributed by atoms with van der Waals surface area (Å²) >= 11 is 1.40. The molecule has 0 amide bonds. The van der Waals surface area contributed by atoms with Gasteiger partial charge in [0.2, 0.25) is 0 Å². The van der Waals surface area contributed by atoms with Gasteiger partial charge in [0.05, 0.1) is 5.52 Å². The fraction of sp³-hybridized carbons (Fsp3) is 0.429. The second kappa shape index (κ2) is 9.54. The quantitative estimate of drug-likeness (QED) is 0.389. The number of halogens is 2. The number of unbranched alkanes of at least 4 members (excludes halogenated alkanes) is 1. The molecule has 2 heterocycles. The lowest BCUT2D eigenvalue weighted by molar-refractivity contribution is 0.126. The molecule has 156 valence electrons. The van der Waals surface area contributed by atoms with Crippen LogP contribution in [0.5, 0.6) is 0 Å². The first kappa shape index (κ1) is 21.5. The first-order chi connectivity index (χ1) is 13.9. The molecule has 0 aliphatic rings. The minimum Gasteiger partial charge on any atom is -0.382 e. The number of hydrogen-bond acceptors (Lipinski definition) is 5. The van der Waals surface area contributed by atoms with Crippen molar-refractivity contribution in [3.63, 3.8) is 0 Å². The summed E-state index contributed by atoms with van der Waals surface area (Å²) < 4.78 is 34.5. The SMILES string of the molecule is CCOCc1nc2c(N)nc(C)c(C)c2n1CCCCSc1ccc(F)cc1F. The first-order valence-corrected chi connectivity index (χ1v) is 10.7. The van der Waals surface area contributed by atoms with E-state index in [1.165, 1.54) is 23.9 Å². The Kier molecular flexibility index (Phi) is 7.08. The summed E-state index contributed by atoms with van der Waals surface area (Å²) in [5.41, 5.74) is 9.78. The standard InChI is InChI=1S/C21H26F2N4OS/c1-4-28-12-18-26-19-20(13(2)14(3)25-21(19)24)27(18)9-5-6-10-29-17-8-7-15(22)11-16(17)23/h7-8,11H,4-6,9-10,12H2,1-3H3,(H2,24,25). The van der Waals surface area contributed by atoms with Crippen molar-refractivity contribution in [1.82, 2.24) is 14.5 Å². The van der Waals surface area contributed by atoms with Crippen LogP contribution in [0.15, 0.2) is 23.1 Å². The van der Waals surface area contributed by atoms with Gasteiger partial charge in [0, 0.05) is 29.8 Å². The molecule has 0 bridgehead atoms. The Bertz CT molecular complexity index is 1010. The van der Waals surface area contributed by atoms with Crippen LogP contribution in [0, 0.1) is 25.5 Å². The van der Waals surface area contributed by atoms with Crippen molar-refractivity contribution in [1.29, 1.82) is 0 Å². The number of rotatable bonds is 9. The molecule has 3 aromatic rings. The number of fused-ring (bicyclic) bond motifs is 1. The molecule has 3 rings (SSSR count). The van der Waals surface area contributed by atoms with E-state index >= 15 is 0 Å². The second-order valence-corrected chi connectivity index (χ2v) is 7.99. The van der Waals surface area contributed by atoms with Gasteiger partial charge in [-0.15, -0.1) is 11.8 Å². The predicted molar refractivity (Wildman–Crippen MR) is 113 cm³/mol. The first-order valence-electron chi connectivity index (χ1n) is 9.69. The molecule has 0 radical (unpaired) electrons. The summed E-state index contributed by atoms with van der Waals surface area (Å²) in [6.07, 6.45) is 1.77. The lowest BCUT2D eigenvalue weighted by atomic mass is 10.2. The normalized spacial score (nSPS) is 11.5. The highest BCUT2D eigenvalue weighted by Gasteiger charge is 2.17. The van der Waals surface area contributed by atoms with Gasteiger partial charge < -0.3 is 15.0 Å². The largest absolute Gasteiger partial charge is 0.382 e. The number of nitrogen functional groups attached to an aromatic ring is 1. The van der Waals surface area contributed by atoms with Crippen LogP contribution >= 0.6 is 11.8 Å². The van der Waals surface area contributed by atoms with Crippen molar-refractivity contribution in [3.8, 4) is 0 Å². The van der Waals surface area contributed by atoms with Gasteiger partial charge in [-0.2, -0.15) is 0 Å². The Morgan fingerprint density at radius 1 is 1.17 bits per heavy atom. The van der Waals surface area contributed by atoms with E-state index in [1.807, 2.05) is 20.8 Å². The van der Waals surface area contributed by atoms with Gasteiger partial charge in [0.15, 0.2) is 5.82 Å². The fourth-order valence-electron chi connectivity index (χ4n) is 3.24. The molecule has 8 heteroatoms. The molecule has 2 aromatic heterocycles. The van der Waals surface area contributed by atoms with Crippen LogP contribution in [0.3, 0.4) is 0 Å². The summed E-state index contributed by atoms with van der Waals surface area (Å²) in [5, 5.41) is 0. The van der Waals surface area contributed by atoms with E-state index < -0.39 is 11.6 Å². The lowest BCUT2D eigenvalue weighted by Gasteiger charge is -2.12. The highest BCUT2D eigenvalue weighted by molar-refractivity contribution is 7.99. The summed E-state index contributed by atoms with van der Waals surface area (Å²) in [4.78, 5) is 9.54. The maximum Gasteiger partial charge on any atom is 0.151 e. The molecule has 0 unspecified atom stereocenters. The Labute approximate surface area is 173 Å². The maximum atomic E-state index is 13.7. The van der Waals surface area contributed by atoms with E-state index in [1.54, 1.807) is 0 Å². The average molecular weight is 421 g/mol.